The summed E-state index contributed by atoms with van der Waals surface area (Å²) in [5, 5.41) is 0. The molecule has 0 saturated heterocycles. The summed E-state index contributed by atoms with van der Waals surface area (Å²) in [7, 11) is 0. The molecule has 0 atom stereocenters. The smallest absolute Gasteiger partial charge is 0.348 e. The minimum absolute atomic E-state index is 0.205. The zero-order chi connectivity index (χ0) is 24.2. The number of aromatic amines is 1. The third-order valence-electron chi connectivity index (χ3n) is 4.69. The summed E-state index contributed by atoms with van der Waals surface area (Å²) in [6.07, 6.45) is -5.47. The molecule has 0 radical (unpaired) electrons. The first-order valence-corrected chi connectivity index (χ1v) is 9.69. The minimum Gasteiger partial charge on any atom is -0.348 e. The molecule has 0 aliphatic carbocycles. The molecule has 3 aromatic rings. The van der Waals surface area contributed by atoms with Crippen LogP contribution in [-0.4, -0.2) is 16.7 Å². The van der Waals surface area contributed by atoms with Gasteiger partial charge in [0.2, 0.25) is 6.71 Å². The van der Waals surface area contributed by atoms with Crippen molar-refractivity contribution in [3.05, 3.63) is 90.4 Å². The molecule has 0 aliphatic heterocycles. The molecule has 32 heavy (non-hydrogen) atoms. The zero-order valence-electron chi connectivity index (χ0n) is 17.9. The van der Waals surface area contributed by atoms with E-state index in [-0.39, 0.29) is 16.3 Å². The first-order valence-electron chi connectivity index (χ1n) is 9.69. The van der Waals surface area contributed by atoms with Crippen molar-refractivity contribution in [2.75, 3.05) is 0 Å². The van der Waals surface area contributed by atoms with Crippen LogP contribution in [0.1, 0.15) is 37.6 Å². The standard InChI is InChI=1S/C16H11BF6.C7H12N2/c1-2-17(13-7-3-5-11(9-13)15(18,19)20)14-8-4-6-12(10-14)16(21,22)23;1-7(2,3)6-4-8-5-9-6/h2-10H,1H2;4-5H,1-3H3,(H,8,9). The van der Waals surface area contributed by atoms with Crippen LogP contribution < -0.4 is 10.9 Å². The van der Waals surface area contributed by atoms with Crippen molar-refractivity contribution in [3.8, 4) is 0 Å². The lowest BCUT2D eigenvalue weighted by Crippen LogP contribution is -2.41. The van der Waals surface area contributed by atoms with Gasteiger partial charge in [0.1, 0.15) is 0 Å². The number of alkyl halides is 6. The Bertz CT molecular complexity index is 960. The first-order chi connectivity index (χ1) is 14.7. The molecule has 0 bridgehead atoms. The summed E-state index contributed by atoms with van der Waals surface area (Å²) in [5.41, 5.74) is 0.143. The fraction of sp³-hybridized carbons (Fsp3) is 0.261. The van der Waals surface area contributed by atoms with Crippen molar-refractivity contribution >= 4 is 17.6 Å². The second kappa shape index (κ2) is 9.67. The zero-order valence-corrected chi connectivity index (χ0v) is 17.9. The van der Waals surface area contributed by atoms with Crippen LogP contribution in [0, 0.1) is 0 Å². The predicted octanol–water partition coefficient (Wildman–Crippen LogP) is 5.77. The summed E-state index contributed by atoms with van der Waals surface area (Å²) < 4.78 is 76.7. The Morgan fingerprint density at radius 2 is 1.31 bits per heavy atom. The quantitative estimate of drug-likeness (QED) is 0.397. The van der Waals surface area contributed by atoms with E-state index in [1.165, 1.54) is 35.9 Å². The van der Waals surface area contributed by atoms with Crippen LogP contribution >= 0.6 is 0 Å². The van der Waals surface area contributed by atoms with Gasteiger partial charge < -0.3 is 4.98 Å². The Labute approximate surface area is 183 Å². The number of nitrogens with one attached hydrogen (secondary N) is 1. The Balaban J connectivity index is 0.000000336. The van der Waals surface area contributed by atoms with Gasteiger partial charge >= 0.3 is 12.4 Å². The molecule has 0 amide bonds. The average Bonchev–Trinajstić information content (AvgIpc) is 3.24. The maximum Gasteiger partial charge on any atom is 0.416 e. The molecule has 170 valence electrons. The highest BCUT2D eigenvalue weighted by atomic mass is 19.4. The van der Waals surface area contributed by atoms with E-state index in [4.69, 9.17) is 0 Å². The number of nitrogens with zero attached hydrogens (tertiary/aromatic N) is 1. The van der Waals surface area contributed by atoms with Crippen LogP contribution in [-0.2, 0) is 17.8 Å². The van der Waals surface area contributed by atoms with Gasteiger partial charge in [0, 0.05) is 17.3 Å². The highest BCUT2D eigenvalue weighted by Gasteiger charge is 2.33. The van der Waals surface area contributed by atoms with E-state index in [2.05, 4.69) is 37.3 Å². The molecule has 2 nitrogen and oxygen atoms in total. The van der Waals surface area contributed by atoms with Crippen LogP contribution in [0.3, 0.4) is 0 Å². The van der Waals surface area contributed by atoms with Crippen LogP contribution in [0.2, 0.25) is 0 Å². The lowest BCUT2D eigenvalue weighted by atomic mass is 9.41. The van der Waals surface area contributed by atoms with Gasteiger partial charge in [-0.15, -0.1) is 12.6 Å². The van der Waals surface area contributed by atoms with Gasteiger partial charge in [-0.2, -0.15) is 26.3 Å². The van der Waals surface area contributed by atoms with Crippen LogP contribution in [0.4, 0.5) is 26.3 Å². The summed E-state index contributed by atoms with van der Waals surface area (Å²) in [5.74, 6) is 1.32. The van der Waals surface area contributed by atoms with Gasteiger partial charge in [0.05, 0.1) is 17.5 Å². The van der Waals surface area contributed by atoms with Crippen molar-refractivity contribution in [1.29, 1.82) is 0 Å². The van der Waals surface area contributed by atoms with Crippen LogP contribution in [0.25, 0.3) is 0 Å². The summed E-state index contributed by atoms with van der Waals surface area (Å²) in [4.78, 5) is 7.00. The molecule has 0 aliphatic rings. The molecule has 0 saturated carbocycles. The summed E-state index contributed by atoms with van der Waals surface area (Å²) in [6.45, 7) is 9.23. The minimum atomic E-state index is -4.52. The Hall–Kier alpha value is -2.97. The van der Waals surface area contributed by atoms with E-state index in [0.717, 1.165) is 24.3 Å². The van der Waals surface area contributed by atoms with Crippen molar-refractivity contribution in [3.63, 3.8) is 0 Å². The number of halogens is 6. The Kier molecular flexibility index (Phi) is 7.64. The number of aromatic nitrogens is 2. The van der Waals surface area contributed by atoms with Gasteiger partial charge in [0.15, 0.2) is 0 Å². The van der Waals surface area contributed by atoms with Gasteiger partial charge in [0.25, 0.3) is 0 Å². The first kappa shape index (κ1) is 25.3. The highest BCUT2D eigenvalue weighted by molar-refractivity contribution is 6.89. The molecule has 0 fully saturated rings. The summed E-state index contributed by atoms with van der Waals surface area (Å²) in [6, 6.07) is 8.99. The van der Waals surface area contributed by atoms with Crippen molar-refractivity contribution in [2.24, 2.45) is 0 Å². The number of hydrogen-bond acceptors (Lipinski definition) is 1. The fourth-order valence-electron chi connectivity index (χ4n) is 2.95. The molecule has 1 aromatic heterocycles. The highest BCUT2D eigenvalue weighted by Crippen LogP contribution is 2.29. The molecular formula is C23H23BF6N2. The van der Waals surface area contributed by atoms with E-state index < -0.39 is 30.2 Å². The van der Waals surface area contributed by atoms with Gasteiger partial charge in [-0.05, 0) is 0 Å². The second-order valence-electron chi connectivity index (χ2n) is 8.18. The predicted molar refractivity (Wildman–Crippen MR) is 115 cm³/mol. The molecule has 1 N–H and O–H groups in total. The summed E-state index contributed by atoms with van der Waals surface area (Å²) >= 11 is 0. The van der Waals surface area contributed by atoms with Crippen LogP contribution in [0.5, 0.6) is 0 Å². The molecular weight excluding hydrogens is 429 g/mol. The van der Waals surface area contributed by atoms with Crippen LogP contribution in [0.15, 0.2) is 73.6 Å². The van der Waals surface area contributed by atoms with E-state index in [9.17, 15) is 26.3 Å². The van der Waals surface area contributed by atoms with E-state index in [1.807, 2.05) is 6.20 Å². The van der Waals surface area contributed by atoms with Crippen molar-refractivity contribution in [2.45, 2.75) is 38.5 Å². The number of benzene rings is 2. The number of rotatable bonds is 3. The van der Waals surface area contributed by atoms with Gasteiger partial charge in [-0.1, -0.05) is 80.2 Å². The molecule has 1 heterocycles. The van der Waals surface area contributed by atoms with Gasteiger partial charge in [-0.3, -0.25) is 0 Å². The number of H-pyrrole nitrogens is 1. The lowest BCUT2D eigenvalue weighted by Gasteiger charge is -2.15. The Morgan fingerprint density at radius 3 is 1.59 bits per heavy atom. The maximum atomic E-state index is 12.8. The van der Waals surface area contributed by atoms with E-state index >= 15 is 0 Å². The number of imidazole rings is 1. The number of hydrogen-bond donors (Lipinski definition) is 1. The molecule has 9 heteroatoms. The van der Waals surface area contributed by atoms with E-state index in [0.29, 0.717) is 0 Å². The normalized spacial score (nSPS) is 12.0. The lowest BCUT2D eigenvalue weighted by molar-refractivity contribution is -0.138. The SMILES string of the molecule is C=CB(c1cccc(C(F)(F)F)c1)c1cccc(C(F)(F)F)c1.CC(C)(C)c1cnc[nH]1. The molecule has 2 aromatic carbocycles. The molecule has 0 unspecified atom stereocenters. The maximum absolute atomic E-state index is 12.8. The molecule has 0 spiro atoms. The largest absolute Gasteiger partial charge is 0.416 e. The monoisotopic (exact) mass is 452 g/mol. The topological polar surface area (TPSA) is 28.7 Å². The third kappa shape index (κ3) is 6.77. The van der Waals surface area contributed by atoms with E-state index in [1.54, 1.807) is 6.33 Å². The third-order valence-corrected chi connectivity index (χ3v) is 4.69. The van der Waals surface area contributed by atoms with Crippen molar-refractivity contribution in [1.82, 2.24) is 9.97 Å². The van der Waals surface area contributed by atoms with Gasteiger partial charge in [-0.25, -0.2) is 4.98 Å². The van der Waals surface area contributed by atoms with Crippen molar-refractivity contribution < 1.29 is 26.3 Å². The fourth-order valence-corrected chi connectivity index (χ4v) is 2.95. The second-order valence-corrected chi connectivity index (χ2v) is 8.18. The Morgan fingerprint density at radius 1 is 0.844 bits per heavy atom. The molecule has 3 rings (SSSR count). The average molecular weight is 452 g/mol.